The summed E-state index contributed by atoms with van der Waals surface area (Å²) < 4.78 is 1.11. The Hall–Kier alpha value is -0.810. The molecule has 0 atom stereocenters. The van der Waals surface area contributed by atoms with Crippen LogP contribution in [-0.2, 0) is 12.8 Å². The van der Waals surface area contributed by atoms with Gasteiger partial charge >= 0.3 is 0 Å². The van der Waals surface area contributed by atoms with Crippen molar-refractivity contribution in [1.82, 2.24) is 0 Å². The molecule has 0 N–H and O–H groups in total. The van der Waals surface area contributed by atoms with Crippen LogP contribution in [0, 0.1) is 11.3 Å². The van der Waals surface area contributed by atoms with Crippen LogP contribution in [0.2, 0.25) is 0 Å². The van der Waals surface area contributed by atoms with Gasteiger partial charge in [-0.05, 0) is 36.1 Å². The van der Waals surface area contributed by atoms with Crippen LogP contribution in [0.3, 0.4) is 0 Å². The van der Waals surface area contributed by atoms with Crippen molar-refractivity contribution in [2.24, 2.45) is 0 Å². The number of halogens is 1. The maximum absolute atomic E-state index is 8.46. The monoisotopic (exact) mass is 237 g/mol. The van der Waals surface area contributed by atoms with E-state index in [-0.39, 0.29) is 0 Å². The Morgan fingerprint density at radius 3 is 2.62 bits per heavy atom. The van der Waals surface area contributed by atoms with Crippen molar-refractivity contribution in [2.75, 3.05) is 0 Å². The molecule has 1 rings (SSSR count). The zero-order chi connectivity index (χ0) is 9.68. The summed E-state index contributed by atoms with van der Waals surface area (Å²) in [5.74, 6) is 0. The van der Waals surface area contributed by atoms with E-state index in [0.717, 1.165) is 17.3 Å². The molecule has 0 amide bonds. The number of hydrogen-bond donors (Lipinski definition) is 0. The summed E-state index contributed by atoms with van der Waals surface area (Å²) in [6.45, 7) is 2.13. The maximum atomic E-state index is 8.46. The highest BCUT2D eigenvalue weighted by Gasteiger charge is 1.97. The van der Waals surface area contributed by atoms with Crippen LogP contribution in [0.25, 0.3) is 0 Å². The van der Waals surface area contributed by atoms with E-state index in [1.54, 1.807) is 0 Å². The fraction of sp³-hybridized carbons (Fsp3) is 0.364. The van der Waals surface area contributed by atoms with E-state index in [1.165, 1.54) is 11.1 Å². The molecule has 0 fully saturated rings. The first-order chi connectivity index (χ1) is 6.26. The standard InChI is InChI=1S/C11H12BrN/c1-2-9-6-10(4-3-5-13)8-11(12)7-9/h6-8H,2-4H2,1H3. The van der Waals surface area contributed by atoms with Crippen molar-refractivity contribution in [3.05, 3.63) is 33.8 Å². The van der Waals surface area contributed by atoms with Crippen molar-refractivity contribution < 1.29 is 0 Å². The van der Waals surface area contributed by atoms with Crippen LogP contribution in [-0.4, -0.2) is 0 Å². The lowest BCUT2D eigenvalue weighted by atomic mass is 10.1. The predicted octanol–water partition coefficient (Wildman–Crippen LogP) is 3.47. The molecule has 0 bridgehead atoms. The van der Waals surface area contributed by atoms with E-state index in [0.29, 0.717) is 6.42 Å². The molecule has 0 aliphatic rings. The Morgan fingerprint density at radius 2 is 2.00 bits per heavy atom. The Balaban J connectivity index is 2.83. The first kappa shape index (κ1) is 10.3. The first-order valence-corrected chi connectivity index (χ1v) is 5.21. The van der Waals surface area contributed by atoms with Gasteiger partial charge in [-0.25, -0.2) is 0 Å². The first-order valence-electron chi connectivity index (χ1n) is 4.41. The second-order valence-corrected chi connectivity index (χ2v) is 3.90. The molecule has 0 heterocycles. The molecule has 0 radical (unpaired) electrons. The summed E-state index contributed by atoms with van der Waals surface area (Å²) in [5, 5.41) is 8.46. The summed E-state index contributed by atoms with van der Waals surface area (Å²) in [6.07, 6.45) is 2.49. The molecular weight excluding hydrogens is 226 g/mol. The molecule has 1 nitrogen and oxygen atoms in total. The molecule has 1 aromatic rings. The van der Waals surface area contributed by atoms with Crippen LogP contribution >= 0.6 is 15.9 Å². The highest BCUT2D eigenvalue weighted by atomic mass is 79.9. The molecule has 0 saturated heterocycles. The molecule has 0 aliphatic carbocycles. The topological polar surface area (TPSA) is 23.8 Å². The average Bonchev–Trinajstić information content (AvgIpc) is 2.14. The van der Waals surface area contributed by atoms with Gasteiger partial charge in [0.2, 0.25) is 0 Å². The highest BCUT2D eigenvalue weighted by Crippen LogP contribution is 2.17. The number of rotatable bonds is 3. The van der Waals surface area contributed by atoms with Crippen molar-refractivity contribution in [3.63, 3.8) is 0 Å². The molecule has 0 aromatic heterocycles. The number of nitriles is 1. The van der Waals surface area contributed by atoms with Gasteiger partial charge in [-0.15, -0.1) is 0 Å². The Bertz CT molecular complexity index is 325. The van der Waals surface area contributed by atoms with Crippen LogP contribution in [0.4, 0.5) is 0 Å². The third kappa shape index (κ3) is 3.20. The molecule has 13 heavy (non-hydrogen) atoms. The van der Waals surface area contributed by atoms with E-state index in [9.17, 15) is 0 Å². The van der Waals surface area contributed by atoms with E-state index in [2.05, 4.69) is 47.1 Å². The Kier molecular flexibility index (Phi) is 3.98. The smallest absolute Gasteiger partial charge is 0.0625 e. The molecule has 1 aromatic carbocycles. The zero-order valence-electron chi connectivity index (χ0n) is 7.68. The summed E-state index contributed by atoms with van der Waals surface area (Å²) in [7, 11) is 0. The van der Waals surface area contributed by atoms with Crippen molar-refractivity contribution in [1.29, 1.82) is 5.26 Å². The average molecular weight is 238 g/mol. The lowest BCUT2D eigenvalue weighted by Crippen LogP contribution is -1.88. The van der Waals surface area contributed by atoms with Crippen molar-refractivity contribution >= 4 is 15.9 Å². The molecule has 0 unspecified atom stereocenters. The van der Waals surface area contributed by atoms with Crippen LogP contribution in [0.5, 0.6) is 0 Å². The molecule has 0 aliphatic heterocycles. The van der Waals surface area contributed by atoms with Gasteiger partial charge < -0.3 is 0 Å². The van der Waals surface area contributed by atoms with Crippen LogP contribution in [0.15, 0.2) is 22.7 Å². The van der Waals surface area contributed by atoms with Gasteiger partial charge in [0.1, 0.15) is 0 Å². The van der Waals surface area contributed by atoms with Gasteiger partial charge in [-0.3, -0.25) is 0 Å². The lowest BCUT2D eigenvalue weighted by molar-refractivity contribution is 0.997. The largest absolute Gasteiger partial charge is 0.198 e. The van der Waals surface area contributed by atoms with Gasteiger partial charge in [0.25, 0.3) is 0 Å². The SMILES string of the molecule is CCc1cc(Br)cc(CCC#N)c1. The normalized spacial score (nSPS) is 9.62. The summed E-state index contributed by atoms with van der Waals surface area (Å²) in [6, 6.07) is 8.53. The summed E-state index contributed by atoms with van der Waals surface area (Å²) in [4.78, 5) is 0. The predicted molar refractivity (Wildman–Crippen MR) is 57.5 cm³/mol. The van der Waals surface area contributed by atoms with Gasteiger partial charge in [-0.2, -0.15) is 5.26 Å². The second-order valence-electron chi connectivity index (χ2n) is 2.98. The highest BCUT2D eigenvalue weighted by molar-refractivity contribution is 9.10. The third-order valence-electron chi connectivity index (χ3n) is 1.95. The molecular formula is C11H12BrN. The maximum Gasteiger partial charge on any atom is 0.0625 e. The quantitative estimate of drug-likeness (QED) is 0.790. The molecule has 68 valence electrons. The van der Waals surface area contributed by atoms with Crippen LogP contribution in [0.1, 0.15) is 24.5 Å². The van der Waals surface area contributed by atoms with E-state index in [4.69, 9.17) is 5.26 Å². The van der Waals surface area contributed by atoms with Gasteiger partial charge in [-0.1, -0.05) is 28.9 Å². The molecule has 2 heteroatoms. The minimum atomic E-state index is 0.597. The van der Waals surface area contributed by atoms with Gasteiger partial charge in [0.15, 0.2) is 0 Å². The van der Waals surface area contributed by atoms with Crippen LogP contribution < -0.4 is 0 Å². The van der Waals surface area contributed by atoms with E-state index >= 15 is 0 Å². The Morgan fingerprint density at radius 1 is 1.31 bits per heavy atom. The minimum absolute atomic E-state index is 0.597. The fourth-order valence-electron chi connectivity index (χ4n) is 1.27. The Labute approximate surface area is 87.5 Å². The minimum Gasteiger partial charge on any atom is -0.198 e. The van der Waals surface area contributed by atoms with E-state index in [1.807, 2.05) is 0 Å². The second kappa shape index (κ2) is 5.04. The fourth-order valence-corrected chi connectivity index (χ4v) is 1.85. The van der Waals surface area contributed by atoms with Gasteiger partial charge in [0.05, 0.1) is 6.07 Å². The summed E-state index contributed by atoms with van der Waals surface area (Å²) in [5.41, 5.74) is 2.56. The van der Waals surface area contributed by atoms with Crippen molar-refractivity contribution in [3.8, 4) is 6.07 Å². The number of hydrogen-bond acceptors (Lipinski definition) is 1. The number of benzene rings is 1. The van der Waals surface area contributed by atoms with Crippen molar-refractivity contribution in [2.45, 2.75) is 26.2 Å². The number of nitrogens with zero attached hydrogens (tertiary/aromatic N) is 1. The molecule has 0 spiro atoms. The third-order valence-corrected chi connectivity index (χ3v) is 2.41. The number of aryl methyl sites for hydroxylation is 2. The van der Waals surface area contributed by atoms with E-state index < -0.39 is 0 Å². The lowest BCUT2D eigenvalue weighted by Gasteiger charge is -2.02. The zero-order valence-corrected chi connectivity index (χ0v) is 9.26. The van der Waals surface area contributed by atoms with Gasteiger partial charge in [0, 0.05) is 10.9 Å². The summed E-state index contributed by atoms with van der Waals surface area (Å²) >= 11 is 3.46. The molecule has 0 saturated carbocycles.